The molecular formula is C13H13BrClN3O. The quantitative estimate of drug-likeness (QED) is 0.928. The van der Waals surface area contributed by atoms with Crippen molar-refractivity contribution in [3.63, 3.8) is 0 Å². The van der Waals surface area contributed by atoms with E-state index in [0.29, 0.717) is 11.4 Å². The van der Waals surface area contributed by atoms with Gasteiger partial charge in [0.25, 0.3) is 0 Å². The van der Waals surface area contributed by atoms with Crippen LogP contribution in [0.5, 0.6) is 0 Å². The third-order valence-corrected chi connectivity index (χ3v) is 3.95. The van der Waals surface area contributed by atoms with Crippen molar-refractivity contribution < 1.29 is 4.79 Å². The van der Waals surface area contributed by atoms with Crippen LogP contribution in [0.2, 0.25) is 5.02 Å². The highest BCUT2D eigenvalue weighted by atomic mass is 79.9. The van der Waals surface area contributed by atoms with Crippen LogP contribution >= 0.6 is 27.5 Å². The molecular weight excluding hydrogens is 330 g/mol. The fraction of sp³-hybridized carbons (Fsp3) is 0.231. The lowest BCUT2D eigenvalue weighted by Gasteiger charge is -2.07. The number of amides is 1. The number of hydrogen-bond acceptors (Lipinski definition) is 2. The summed E-state index contributed by atoms with van der Waals surface area (Å²) >= 11 is 9.36. The van der Waals surface area contributed by atoms with Crippen molar-refractivity contribution in [2.75, 3.05) is 7.05 Å². The van der Waals surface area contributed by atoms with Crippen LogP contribution in [0, 0.1) is 0 Å². The summed E-state index contributed by atoms with van der Waals surface area (Å²) in [6.07, 6.45) is 4.15. The molecule has 0 saturated carbocycles. The zero-order valence-electron chi connectivity index (χ0n) is 10.4. The number of carbonyl (C=O) groups is 1. The van der Waals surface area contributed by atoms with Gasteiger partial charge in [0.2, 0.25) is 5.91 Å². The molecule has 1 aromatic heterocycles. The van der Waals surface area contributed by atoms with Gasteiger partial charge < -0.3 is 9.88 Å². The predicted octanol–water partition coefficient (Wildman–Crippen LogP) is 2.64. The van der Waals surface area contributed by atoms with Crippen LogP contribution in [0.4, 0.5) is 0 Å². The summed E-state index contributed by atoms with van der Waals surface area (Å²) in [7, 11) is 1.62. The summed E-state index contributed by atoms with van der Waals surface area (Å²) in [5.74, 6) is 0.800. The lowest BCUT2D eigenvalue weighted by Crippen LogP contribution is -2.24. The normalized spacial score (nSPS) is 10.5. The lowest BCUT2D eigenvalue weighted by atomic mass is 10.1. The summed E-state index contributed by atoms with van der Waals surface area (Å²) < 4.78 is 2.69. The summed E-state index contributed by atoms with van der Waals surface area (Å²) in [4.78, 5) is 15.7. The average molecular weight is 343 g/mol. The largest absolute Gasteiger partial charge is 0.358 e. The Kier molecular flexibility index (Phi) is 4.61. The Morgan fingerprint density at radius 2 is 2.32 bits per heavy atom. The molecule has 4 nitrogen and oxygen atoms in total. The number of rotatable bonds is 4. The van der Waals surface area contributed by atoms with Crippen molar-refractivity contribution >= 4 is 33.4 Å². The second kappa shape index (κ2) is 6.21. The Hall–Kier alpha value is -1.33. The number of halogens is 2. The maximum absolute atomic E-state index is 11.4. The molecule has 0 fully saturated rings. The van der Waals surface area contributed by atoms with Crippen LogP contribution in [0.25, 0.3) is 0 Å². The molecule has 0 radical (unpaired) electrons. The van der Waals surface area contributed by atoms with Gasteiger partial charge in [0, 0.05) is 30.3 Å². The Morgan fingerprint density at radius 3 is 3.00 bits per heavy atom. The number of hydrogen-bond donors (Lipinski definition) is 1. The number of nitrogens with zero attached hydrogens (tertiary/aromatic N) is 2. The van der Waals surface area contributed by atoms with Crippen LogP contribution in [-0.4, -0.2) is 22.5 Å². The van der Waals surface area contributed by atoms with E-state index in [1.165, 1.54) is 0 Å². The molecule has 0 bridgehead atoms. The summed E-state index contributed by atoms with van der Waals surface area (Å²) in [5, 5.41) is 3.28. The van der Waals surface area contributed by atoms with Crippen molar-refractivity contribution in [2.45, 2.75) is 13.0 Å². The predicted molar refractivity (Wildman–Crippen MR) is 78.3 cm³/mol. The minimum Gasteiger partial charge on any atom is -0.358 e. The highest BCUT2D eigenvalue weighted by molar-refractivity contribution is 9.10. The topological polar surface area (TPSA) is 46.9 Å². The first-order valence-electron chi connectivity index (χ1n) is 5.74. The van der Waals surface area contributed by atoms with Gasteiger partial charge in [-0.2, -0.15) is 0 Å². The summed E-state index contributed by atoms with van der Waals surface area (Å²) in [6, 6.07) is 5.75. The van der Waals surface area contributed by atoms with Gasteiger partial charge in [0.05, 0.1) is 5.02 Å². The van der Waals surface area contributed by atoms with E-state index in [4.69, 9.17) is 11.6 Å². The zero-order valence-corrected chi connectivity index (χ0v) is 12.7. The molecule has 0 aliphatic rings. The van der Waals surface area contributed by atoms with E-state index in [1.54, 1.807) is 19.4 Å². The second-order valence-electron chi connectivity index (χ2n) is 4.07. The first kappa shape index (κ1) is 14.1. The molecule has 0 aliphatic heterocycles. The first-order chi connectivity index (χ1) is 9.10. The van der Waals surface area contributed by atoms with Gasteiger partial charge in [-0.05, 0) is 33.6 Å². The molecule has 100 valence electrons. The fourth-order valence-corrected chi connectivity index (χ4v) is 2.26. The number of benzene rings is 1. The molecule has 19 heavy (non-hydrogen) atoms. The molecule has 0 spiro atoms. The minimum atomic E-state index is -0.0449. The number of imidazole rings is 1. The van der Waals surface area contributed by atoms with E-state index in [9.17, 15) is 4.79 Å². The Morgan fingerprint density at radius 1 is 1.53 bits per heavy atom. The van der Waals surface area contributed by atoms with Gasteiger partial charge in [-0.15, -0.1) is 0 Å². The fourth-order valence-electron chi connectivity index (χ4n) is 1.72. The molecule has 1 aromatic carbocycles. The van der Waals surface area contributed by atoms with E-state index in [-0.39, 0.29) is 12.5 Å². The maximum Gasteiger partial charge on any atom is 0.239 e. The highest BCUT2D eigenvalue weighted by Gasteiger charge is 2.08. The van der Waals surface area contributed by atoms with Crippen LogP contribution in [-0.2, 0) is 17.8 Å². The van der Waals surface area contributed by atoms with Gasteiger partial charge in [-0.1, -0.05) is 17.7 Å². The number of likely N-dealkylation sites (N-methyl/N-ethyl adjacent to an activating group) is 1. The van der Waals surface area contributed by atoms with Gasteiger partial charge >= 0.3 is 0 Å². The highest BCUT2D eigenvalue weighted by Crippen LogP contribution is 2.24. The molecule has 0 saturated heterocycles. The SMILES string of the molecule is CNC(=O)Cn1ccnc1Cc1ccc(Cl)c(Br)c1. The Balaban J connectivity index is 2.17. The number of aromatic nitrogens is 2. The van der Waals surface area contributed by atoms with Crippen molar-refractivity contribution in [2.24, 2.45) is 0 Å². The van der Waals surface area contributed by atoms with E-state index >= 15 is 0 Å². The monoisotopic (exact) mass is 341 g/mol. The van der Waals surface area contributed by atoms with Crippen LogP contribution in [0.1, 0.15) is 11.4 Å². The molecule has 1 amide bonds. The van der Waals surface area contributed by atoms with Gasteiger partial charge in [-0.25, -0.2) is 4.98 Å². The van der Waals surface area contributed by atoms with E-state index in [2.05, 4.69) is 26.2 Å². The van der Waals surface area contributed by atoms with Crippen molar-refractivity contribution in [3.05, 3.63) is 51.5 Å². The molecule has 6 heteroatoms. The lowest BCUT2D eigenvalue weighted by molar-refractivity contribution is -0.121. The molecule has 0 atom stereocenters. The first-order valence-corrected chi connectivity index (χ1v) is 6.91. The Labute approximate surface area is 124 Å². The standard InChI is InChI=1S/C13H13BrClN3O/c1-16-13(19)8-18-5-4-17-12(18)7-9-2-3-11(15)10(14)6-9/h2-6H,7-8H2,1H3,(H,16,19). The van der Waals surface area contributed by atoms with Crippen LogP contribution in [0.15, 0.2) is 35.1 Å². The molecule has 1 heterocycles. The molecule has 1 N–H and O–H groups in total. The van der Waals surface area contributed by atoms with Gasteiger partial charge in [-0.3, -0.25) is 4.79 Å². The third kappa shape index (κ3) is 3.58. The van der Waals surface area contributed by atoms with Gasteiger partial charge in [0.15, 0.2) is 0 Å². The Bertz CT molecular complexity index is 597. The van der Waals surface area contributed by atoms with E-state index < -0.39 is 0 Å². The third-order valence-electron chi connectivity index (χ3n) is 2.74. The van der Waals surface area contributed by atoms with Gasteiger partial charge in [0.1, 0.15) is 12.4 Å². The van der Waals surface area contributed by atoms with Crippen molar-refractivity contribution in [1.82, 2.24) is 14.9 Å². The molecule has 0 aliphatic carbocycles. The number of nitrogens with one attached hydrogen (secondary N) is 1. The minimum absolute atomic E-state index is 0.0449. The van der Waals surface area contributed by atoms with Crippen LogP contribution < -0.4 is 5.32 Å². The molecule has 0 unspecified atom stereocenters. The van der Waals surface area contributed by atoms with E-state index in [1.807, 2.05) is 22.8 Å². The second-order valence-corrected chi connectivity index (χ2v) is 5.33. The van der Waals surface area contributed by atoms with Crippen molar-refractivity contribution in [3.8, 4) is 0 Å². The smallest absolute Gasteiger partial charge is 0.239 e. The molecule has 2 aromatic rings. The van der Waals surface area contributed by atoms with Crippen molar-refractivity contribution in [1.29, 1.82) is 0 Å². The number of carbonyl (C=O) groups excluding carboxylic acids is 1. The van der Waals surface area contributed by atoms with E-state index in [0.717, 1.165) is 15.9 Å². The maximum atomic E-state index is 11.4. The van der Waals surface area contributed by atoms with Crippen LogP contribution in [0.3, 0.4) is 0 Å². The molecule has 2 rings (SSSR count). The zero-order chi connectivity index (χ0) is 13.8. The average Bonchev–Trinajstić information content (AvgIpc) is 2.81. The summed E-state index contributed by atoms with van der Waals surface area (Å²) in [6.45, 7) is 0.278. The summed E-state index contributed by atoms with van der Waals surface area (Å²) in [5.41, 5.74) is 1.08.